The van der Waals surface area contributed by atoms with Crippen molar-refractivity contribution in [2.24, 2.45) is 0 Å². The highest BCUT2D eigenvalue weighted by molar-refractivity contribution is 7.09. The van der Waals surface area contributed by atoms with E-state index in [9.17, 15) is 9.59 Å². The molecule has 108 valence electrons. The van der Waals surface area contributed by atoms with Gasteiger partial charge in [-0.2, -0.15) is 0 Å². The molecule has 1 aromatic heterocycles. The van der Waals surface area contributed by atoms with E-state index >= 15 is 0 Å². The third kappa shape index (κ3) is 2.95. The van der Waals surface area contributed by atoms with Crippen molar-refractivity contribution < 1.29 is 9.59 Å². The number of hydrogen-bond donors (Lipinski definition) is 2. The molecule has 0 bridgehead atoms. The van der Waals surface area contributed by atoms with Gasteiger partial charge in [-0.25, -0.2) is 4.98 Å². The second-order valence-electron chi connectivity index (χ2n) is 5.08. The number of hydrogen-bond acceptors (Lipinski definition) is 4. The van der Waals surface area contributed by atoms with Crippen LogP contribution in [0, 0.1) is 0 Å². The Kier molecular flexibility index (Phi) is 3.70. The lowest BCUT2D eigenvalue weighted by atomic mass is 10.1. The molecule has 2 aromatic rings. The third-order valence-electron chi connectivity index (χ3n) is 3.43. The lowest BCUT2D eigenvalue weighted by molar-refractivity contribution is -0.115. The summed E-state index contributed by atoms with van der Waals surface area (Å²) in [6.45, 7) is 2.57. The minimum atomic E-state index is -0.124. The van der Waals surface area contributed by atoms with E-state index in [2.05, 4.69) is 15.6 Å². The molecule has 1 aliphatic rings. The quantitative estimate of drug-likeness (QED) is 0.909. The molecule has 2 N–H and O–H groups in total. The molecule has 0 radical (unpaired) electrons. The second kappa shape index (κ2) is 5.65. The molecule has 1 unspecified atom stereocenters. The number of carbonyl (C=O) groups excluding carboxylic acids is 2. The van der Waals surface area contributed by atoms with Gasteiger partial charge in [-0.05, 0) is 23.8 Å². The Bertz CT molecular complexity index is 682. The largest absolute Gasteiger partial charge is 0.351 e. The van der Waals surface area contributed by atoms with Gasteiger partial charge in [-0.15, -0.1) is 11.3 Å². The van der Waals surface area contributed by atoms with Crippen molar-refractivity contribution in [2.45, 2.75) is 19.3 Å². The van der Waals surface area contributed by atoms with Gasteiger partial charge >= 0.3 is 0 Å². The summed E-state index contributed by atoms with van der Waals surface area (Å²) in [5.74, 6) is 0.0344. The monoisotopic (exact) mass is 301 g/mol. The summed E-state index contributed by atoms with van der Waals surface area (Å²) in [5, 5.41) is 8.61. The third-order valence-corrected chi connectivity index (χ3v) is 4.44. The number of benzene rings is 1. The topological polar surface area (TPSA) is 71.1 Å². The van der Waals surface area contributed by atoms with E-state index in [1.165, 1.54) is 0 Å². The predicted octanol–water partition coefficient (Wildman–Crippen LogP) is 2.17. The molecule has 2 heterocycles. The Morgan fingerprint density at radius 1 is 1.52 bits per heavy atom. The number of thiazole rings is 1. The molecule has 3 rings (SSSR count). The summed E-state index contributed by atoms with van der Waals surface area (Å²) < 4.78 is 0. The highest BCUT2D eigenvalue weighted by Crippen LogP contribution is 2.24. The molecular weight excluding hydrogens is 286 g/mol. The minimum Gasteiger partial charge on any atom is -0.351 e. The van der Waals surface area contributed by atoms with Crippen molar-refractivity contribution in [3.8, 4) is 0 Å². The maximum atomic E-state index is 12.2. The van der Waals surface area contributed by atoms with Crippen LogP contribution in [0.25, 0.3) is 0 Å². The van der Waals surface area contributed by atoms with Crippen molar-refractivity contribution in [3.63, 3.8) is 0 Å². The van der Waals surface area contributed by atoms with Crippen LogP contribution in [0.2, 0.25) is 0 Å². The van der Waals surface area contributed by atoms with Crippen LogP contribution in [0.15, 0.2) is 29.8 Å². The number of carbonyl (C=O) groups is 2. The molecule has 1 aromatic carbocycles. The maximum Gasteiger partial charge on any atom is 0.251 e. The molecule has 0 spiro atoms. The van der Waals surface area contributed by atoms with Crippen molar-refractivity contribution in [1.29, 1.82) is 0 Å². The maximum absolute atomic E-state index is 12.2. The standard InChI is InChI=1S/C15H15N3O2S/c1-9(15-16-4-5-21-15)8-17-14(20)10-2-3-12-11(6-10)7-13(19)18-12/h2-6,9H,7-8H2,1H3,(H,17,20)(H,18,19). The van der Waals surface area contributed by atoms with E-state index in [1.807, 2.05) is 12.3 Å². The Labute approximate surface area is 126 Å². The van der Waals surface area contributed by atoms with Crippen LogP contribution < -0.4 is 10.6 Å². The fraction of sp³-hybridized carbons (Fsp3) is 0.267. The summed E-state index contributed by atoms with van der Waals surface area (Å²) in [6.07, 6.45) is 2.11. The Hall–Kier alpha value is -2.21. The van der Waals surface area contributed by atoms with Gasteiger partial charge in [0.25, 0.3) is 5.91 Å². The average Bonchev–Trinajstić information content (AvgIpc) is 3.11. The lowest BCUT2D eigenvalue weighted by Crippen LogP contribution is -2.27. The first-order valence-corrected chi connectivity index (χ1v) is 7.62. The first kappa shape index (κ1) is 13.8. The first-order chi connectivity index (χ1) is 10.1. The molecular formula is C15H15N3O2S. The van der Waals surface area contributed by atoms with E-state index in [1.54, 1.807) is 35.7 Å². The van der Waals surface area contributed by atoms with Crippen molar-refractivity contribution >= 4 is 28.8 Å². The van der Waals surface area contributed by atoms with Gasteiger partial charge in [-0.1, -0.05) is 6.92 Å². The number of nitrogens with zero attached hydrogens (tertiary/aromatic N) is 1. The van der Waals surface area contributed by atoms with E-state index < -0.39 is 0 Å². The van der Waals surface area contributed by atoms with Crippen LogP contribution in [0.5, 0.6) is 0 Å². The molecule has 5 nitrogen and oxygen atoms in total. The van der Waals surface area contributed by atoms with Crippen LogP contribution in [0.4, 0.5) is 5.69 Å². The minimum absolute atomic E-state index is 0.0278. The van der Waals surface area contributed by atoms with Crippen molar-refractivity contribution in [3.05, 3.63) is 45.9 Å². The van der Waals surface area contributed by atoms with Gasteiger partial charge in [0.1, 0.15) is 0 Å². The molecule has 0 saturated heterocycles. The summed E-state index contributed by atoms with van der Waals surface area (Å²) in [5.41, 5.74) is 2.25. The van der Waals surface area contributed by atoms with Crippen LogP contribution in [0.1, 0.15) is 33.8 Å². The highest BCUT2D eigenvalue weighted by Gasteiger charge is 2.19. The SMILES string of the molecule is CC(CNC(=O)c1ccc2c(c1)CC(=O)N2)c1nccs1. The van der Waals surface area contributed by atoms with Crippen molar-refractivity contribution in [2.75, 3.05) is 11.9 Å². The number of amides is 2. The molecule has 0 aliphatic carbocycles. The number of rotatable bonds is 4. The van der Waals surface area contributed by atoms with Gasteiger partial charge in [0.05, 0.1) is 11.4 Å². The number of fused-ring (bicyclic) bond motifs is 1. The van der Waals surface area contributed by atoms with E-state index in [0.29, 0.717) is 18.5 Å². The van der Waals surface area contributed by atoms with E-state index in [4.69, 9.17) is 0 Å². The Morgan fingerprint density at radius 2 is 2.38 bits per heavy atom. The first-order valence-electron chi connectivity index (χ1n) is 6.74. The van der Waals surface area contributed by atoms with E-state index in [-0.39, 0.29) is 17.7 Å². The summed E-state index contributed by atoms with van der Waals surface area (Å²) in [7, 11) is 0. The molecule has 21 heavy (non-hydrogen) atoms. The lowest BCUT2D eigenvalue weighted by Gasteiger charge is -2.10. The summed E-state index contributed by atoms with van der Waals surface area (Å²) in [6, 6.07) is 5.28. The number of nitrogens with one attached hydrogen (secondary N) is 2. The summed E-state index contributed by atoms with van der Waals surface area (Å²) in [4.78, 5) is 27.7. The average molecular weight is 301 g/mol. The van der Waals surface area contributed by atoms with Crippen LogP contribution in [-0.4, -0.2) is 23.3 Å². The van der Waals surface area contributed by atoms with Crippen LogP contribution >= 0.6 is 11.3 Å². The molecule has 2 amide bonds. The smallest absolute Gasteiger partial charge is 0.251 e. The zero-order valence-corrected chi connectivity index (χ0v) is 12.4. The van der Waals surface area contributed by atoms with Gasteiger partial charge in [0.2, 0.25) is 5.91 Å². The summed E-state index contributed by atoms with van der Waals surface area (Å²) >= 11 is 1.59. The number of anilines is 1. The van der Waals surface area contributed by atoms with Crippen LogP contribution in [-0.2, 0) is 11.2 Å². The van der Waals surface area contributed by atoms with Gasteiger partial charge in [-0.3, -0.25) is 9.59 Å². The molecule has 1 aliphatic heterocycles. The molecule has 6 heteroatoms. The molecule has 1 atom stereocenters. The van der Waals surface area contributed by atoms with E-state index in [0.717, 1.165) is 16.3 Å². The Morgan fingerprint density at radius 3 is 3.14 bits per heavy atom. The highest BCUT2D eigenvalue weighted by atomic mass is 32.1. The molecule has 0 fully saturated rings. The Balaban J connectivity index is 1.64. The van der Waals surface area contributed by atoms with Crippen molar-refractivity contribution in [1.82, 2.24) is 10.3 Å². The normalized spacial score (nSPS) is 14.4. The van der Waals surface area contributed by atoms with Gasteiger partial charge in [0.15, 0.2) is 0 Å². The van der Waals surface area contributed by atoms with Gasteiger partial charge in [0, 0.05) is 35.3 Å². The predicted molar refractivity (Wildman–Crippen MR) is 81.6 cm³/mol. The number of aromatic nitrogens is 1. The van der Waals surface area contributed by atoms with Crippen LogP contribution in [0.3, 0.4) is 0 Å². The fourth-order valence-corrected chi connectivity index (χ4v) is 2.98. The zero-order chi connectivity index (χ0) is 14.8. The second-order valence-corrected chi connectivity index (χ2v) is 6.00. The zero-order valence-electron chi connectivity index (χ0n) is 11.6. The fourth-order valence-electron chi connectivity index (χ4n) is 2.28. The van der Waals surface area contributed by atoms with Gasteiger partial charge < -0.3 is 10.6 Å². The molecule has 0 saturated carbocycles.